The zero-order valence-corrected chi connectivity index (χ0v) is 16.2. The Bertz CT molecular complexity index is 778. The van der Waals surface area contributed by atoms with Gasteiger partial charge in [0.1, 0.15) is 22.0 Å². The van der Waals surface area contributed by atoms with Gasteiger partial charge < -0.3 is 14.4 Å². The minimum Gasteiger partial charge on any atom is -0.478 e. The number of sulfonamides is 1. The molecular weight excluding hydrogens is 368 g/mol. The lowest BCUT2D eigenvalue weighted by molar-refractivity contribution is -0.131. The van der Waals surface area contributed by atoms with Crippen molar-refractivity contribution in [3.8, 4) is 0 Å². The van der Waals surface area contributed by atoms with Crippen LogP contribution in [-0.4, -0.2) is 72.3 Å². The van der Waals surface area contributed by atoms with Crippen LogP contribution in [0.15, 0.2) is 9.31 Å². The van der Waals surface area contributed by atoms with Crippen molar-refractivity contribution in [3.05, 3.63) is 17.1 Å². The number of rotatable bonds is 5. The van der Waals surface area contributed by atoms with Gasteiger partial charge in [-0.3, -0.25) is 4.79 Å². The Kier molecular flexibility index (Phi) is 5.85. The van der Waals surface area contributed by atoms with E-state index in [2.05, 4.69) is 0 Å². The molecule has 1 amide bonds. The number of furan rings is 1. The number of carbonyl (C=O) groups excluding carboxylic acids is 1. The summed E-state index contributed by atoms with van der Waals surface area (Å²) in [6, 6.07) is 0. The van der Waals surface area contributed by atoms with Crippen molar-refractivity contribution >= 4 is 33.7 Å². The fourth-order valence-corrected chi connectivity index (χ4v) is 5.00. The summed E-state index contributed by atoms with van der Waals surface area (Å²) < 4.78 is 32.3. The quantitative estimate of drug-likeness (QED) is 0.804. The van der Waals surface area contributed by atoms with Crippen molar-refractivity contribution in [2.75, 3.05) is 32.4 Å². The van der Waals surface area contributed by atoms with Crippen LogP contribution in [0.3, 0.4) is 0 Å². The maximum absolute atomic E-state index is 12.9. The molecule has 1 aliphatic heterocycles. The molecule has 2 rings (SSSR count). The molecule has 1 atom stereocenters. The average Bonchev–Trinajstić information content (AvgIpc) is 2.88. The molecule has 0 spiro atoms. The summed E-state index contributed by atoms with van der Waals surface area (Å²) in [5.41, 5.74) is -0.327. The molecule has 10 heteroatoms. The Hall–Kier alpha value is -1.52. The van der Waals surface area contributed by atoms with Crippen LogP contribution in [0.5, 0.6) is 0 Å². The lowest BCUT2D eigenvalue weighted by atomic mass is 10.2. The topological polar surface area (TPSA) is 108 Å². The number of hydrogen-bond acceptors (Lipinski definition) is 6. The van der Waals surface area contributed by atoms with Crippen LogP contribution in [0.4, 0.5) is 0 Å². The summed E-state index contributed by atoms with van der Waals surface area (Å²) in [6.45, 7) is 5.48. The van der Waals surface area contributed by atoms with Gasteiger partial charge in [0.25, 0.3) is 0 Å². The first-order valence-electron chi connectivity index (χ1n) is 7.76. The van der Waals surface area contributed by atoms with E-state index in [0.29, 0.717) is 0 Å². The average molecular weight is 390 g/mol. The predicted molar refractivity (Wildman–Crippen MR) is 93.5 cm³/mol. The van der Waals surface area contributed by atoms with Crippen molar-refractivity contribution in [2.45, 2.75) is 30.9 Å². The fraction of sp³-hybridized carbons (Fsp3) is 0.600. The van der Waals surface area contributed by atoms with Gasteiger partial charge in [-0.2, -0.15) is 16.1 Å². The summed E-state index contributed by atoms with van der Waals surface area (Å²) in [6.07, 6.45) is 1.85. The zero-order chi connectivity index (χ0) is 18.9. The van der Waals surface area contributed by atoms with E-state index in [1.807, 2.05) is 13.2 Å². The molecule has 1 aromatic rings. The normalized spacial score (nSPS) is 17.5. The third-order valence-corrected chi connectivity index (χ3v) is 7.23. The maximum Gasteiger partial charge on any atom is 0.340 e. The molecule has 8 nitrogen and oxygen atoms in total. The van der Waals surface area contributed by atoms with Crippen molar-refractivity contribution in [1.29, 1.82) is 0 Å². The van der Waals surface area contributed by atoms with E-state index < -0.39 is 16.0 Å². The lowest BCUT2D eigenvalue weighted by Crippen LogP contribution is -2.52. The standard InChI is InChI=1S/C15H22N2O6S2/c1-9-12(15(19)20)13(10(2)23-9)25(21,22)17-7-5-16(6-8-17)14(18)11(3)24-4/h11H,5-8H2,1-4H3,(H,19,20). The molecule has 1 unspecified atom stereocenters. The molecular formula is C15H22N2O6S2. The van der Waals surface area contributed by atoms with Crippen LogP contribution >= 0.6 is 11.8 Å². The molecule has 1 saturated heterocycles. The Morgan fingerprint density at radius 2 is 1.72 bits per heavy atom. The van der Waals surface area contributed by atoms with Crippen LogP contribution in [0.2, 0.25) is 0 Å². The van der Waals surface area contributed by atoms with E-state index in [1.165, 1.54) is 29.9 Å². The smallest absolute Gasteiger partial charge is 0.340 e. The van der Waals surface area contributed by atoms with E-state index in [1.54, 1.807) is 4.90 Å². The van der Waals surface area contributed by atoms with Crippen molar-refractivity contribution in [1.82, 2.24) is 9.21 Å². The largest absolute Gasteiger partial charge is 0.478 e. The van der Waals surface area contributed by atoms with Crippen LogP contribution in [0.25, 0.3) is 0 Å². The molecule has 140 valence electrons. The number of nitrogens with zero attached hydrogens (tertiary/aromatic N) is 2. The molecule has 1 aliphatic rings. The Balaban J connectivity index is 2.24. The van der Waals surface area contributed by atoms with E-state index in [0.717, 1.165) is 0 Å². The highest BCUT2D eigenvalue weighted by atomic mass is 32.2. The van der Waals surface area contributed by atoms with Gasteiger partial charge in [-0.1, -0.05) is 0 Å². The summed E-state index contributed by atoms with van der Waals surface area (Å²) >= 11 is 1.44. The summed E-state index contributed by atoms with van der Waals surface area (Å²) in [4.78, 5) is 25.0. The fourth-order valence-electron chi connectivity index (χ4n) is 2.86. The second kappa shape index (κ2) is 7.38. The first-order valence-corrected chi connectivity index (χ1v) is 10.5. The number of aromatic carboxylic acids is 1. The highest BCUT2D eigenvalue weighted by molar-refractivity contribution is 7.99. The molecule has 0 radical (unpaired) electrons. The molecule has 0 aromatic carbocycles. The molecule has 1 fully saturated rings. The first kappa shape index (κ1) is 19.8. The Labute approximate surface area is 151 Å². The van der Waals surface area contributed by atoms with Gasteiger partial charge in [-0.05, 0) is 27.0 Å². The monoisotopic (exact) mass is 390 g/mol. The summed E-state index contributed by atoms with van der Waals surface area (Å²) in [5.74, 6) is -1.24. The van der Waals surface area contributed by atoms with E-state index in [4.69, 9.17) is 4.42 Å². The van der Waals surface area contributed by atoms with Gasteiger partial charge in [-0.25, -0.2) is 13.2 Å². The van der Waals surface area contributed by atoms with Crippen molar-refractivity contribution in [3.63, 3.8) is 0 Å². The zero-order valence-electron chi connectivity index (χ0n) is 14.6. The van der Waals surface area contributed by atoms with Gasteiger partial charge in [-0.15, -0.1) is 0 Å². The van der Waals surface area contributed by atoms with Gasteiger partial charge in [0.2, 0.25) is 15.9 Å². The molecule has 0 saturated carbocycles. The molecule has 25 heavy (non-hydrogen) atoms. The van der Waals surface area contributed by atoms with E-state index in [-0.39, 0.29) is 59.3 Å². The highest BCUT2D eigenvalue weighted by Gasteiger charge is 2.37. The van der Waals surface area contributed by atoms with Gasteiger partial charge >= 0.3 is 5.97 Å². The van der Waals surface area contributed by atoms with Crippen molar-refractivity contribution in [2.24, 2.45) is 0 Å². The second-order valence-electron chi connectivity index (χ2n) is 5.83. The number of hydrogen-bond donors (Lipinski definition) is 1. The Morgan fingerprint density at radius 1 is 1.16 bits per heavy atom. The first-order chi connectivity index (χ1) is 11.6. The molecule has 0 aliphatic carbocycles. The van der Waals surface area contributed by atoms with Gasteiger partial charge in [0.05, 0.1) is 5.25 Å². The van der Waals surface area contributed by atoms with Crippen molar-refractivity contribution < 1.29 is 27.5 Å². The maximum atomic E-state index is 12.9. The number of carboxylic acids is 1. The van der Waals surface area contributed by atoms with E-state index in [9.17, 15) is 23.1 Å². The SMILES string of the molecule is CSC(C)C(=O)N1CCN(S(=O)(=O)c2c(C)oc(C)c2C(=O)O)CC1. The number of amides is 1. The van der Waals surface area contributed by atoms with Gasteiger partial charge in [0, 0.05) is 26.2 Å². The van der Waals surface area contributed by atoms with Crippen LogP contribution in [0, 0.1) is 13.8 Å². The number of piperazine rings is 1. The second-order valence-corrected chi connectivity index (χ2v) is 8.88. The predicted octanol–water partition coefficient (Wildman–Crippen LogP) is 1.18. The minimum absolute atomic E-state index is 0.0221. The Morgan fingerprint density at radius 3 is 2.20 bits per heavy atom. The molecule has 2 heterocycles. The summed E-state index contributed by atoms with van der Waals surface area (Å²) in [5, 5.41) is 9.15. The van der Waals surface area contributed by atoms with Gasteiger partial charge in [0.15, 0.2) is 0 Å². The third kappa shape index (κ3) is 3.70. The van der Waals surface area contributed by atoms with Crippen LogP contribution in [0.1, 0.15) is 28.8 Å². The molecule has 1 N–H and O–H groups in total. The highest BCUT2D eigenvalue weighted by Crippen LogP contribution is 2.30. The molecule has 0 bridgehead atoms. The number of carbonyl (C=O) groups is 2. The lowest BCUT2D eigenvalue weighted by Gasteiger charge is -2.35. The molecule has 1 aromatic heterocycles. The number of carboxylic acid groups (broad SMARTS) is 1. The van der Waals surface area contributed by atoms with Crippen LogP contribution in [-0.2, 0) is 14.8 Å². The summed E-state index contributed by atoms with van der Waals surface area (Å²) in [7, 11) is -4.01. The minimum atomic E-state index is -4.01. The van der Waals surface area contributed by atoms with Crippen LogP contribution < -0.4 is 0 Å². The number of aryl methyl sites for hydroxylation is 2. The third-order valence-electron chi connectivity index (χ3n) is 4.27. The van der Waals surface area contributed by atoms with E-state index >= 15 is 0 Å². The number of thioether (sulfide) groups is 1.